The van der Waals surface area contributed by atoms with E-state index in [9.17, 15) is 28.9 Å². The number of piperidine rings is 1. The van der Waals surface area contributed by atoms with Crippen molar-refractivity contribution < 1.29 is 38.4 Å². The molecule has 16 heteroatoms. The summed E-state index contributed by atoms with van der Waals surface area (Å²) in [4.78, 5) is 15.4. The Bertz CT molecular complexity index is 1670. The van der Waals surface area contributed by atoms with Crippen LogP contribution >= 0.6 is 0 Å². The van der Waals surface area contributed by atoms with E-state index < -0.39 is 72.8 Å². The summed E-state index contributed by atoms with van der Waals surface area (Å²) in [5.74, 6) is -1.45. The third-order valence-electron chi connectivity index (χ3n) is 8.63. The Hall–Kier alpha value is -4.19. The second kappa shape index (κ2) is 13.3. The average Bonchev–Trinajstić information content (AvgIpc) is 3.75. The molecule has 8 atom stereocenters. The molecule has 2 saturated heterocycles. The van der Waals surface area contributed by atoms with Crippen LogP contribution in [0.25, 0.3) is 22.5 Å². The van der Waals surface area contributed by atoms with E-state index in [-0.39, 0.29) is 6.54 Å². The van der Waals surface area contributed by atoms with Crippen LogP contribution in [0.5, 0.6) is 0 Å². The molecule has 244 valence electrons. The van der Waals surface area contributed by atoms with Crippen molar-refractivity contribution in [3.05, 3.63) is 72.6 Å². The highest BCUT2D eigenvalue weighted by Gasteiger charge is 2.51. The maximum Gasteiger partial charge on any atom is 0.254 e. The van der Waals surface area contributed by atoms with Gasteiger partial charge >= 0.3 is 0 Å². The SMILES string of the molecule is CO[C@@H]1[C@@H](n2cc(-c3cccc(F)c3)nn2)[C@@H](O)[C@@H](CO)O[C@H]1C(=O)N(C)[C@@H]1CNC[C@H](n2cc(-c3cccc(F)c3)nn2)[C@H]1O. The number of aliphatic hydroxyl groups is 3. The summed E-state index contributed by atoms with van der Waals surface area (Å²) in [6.45, 7) is -0.0406. The average molecular weight is 641 g/mol. The van der Waals surface area contributed by atoms with Crippen molar-refractivity contribution in [1.29, 1.82) is 0 Å². The van der Waals surface area contributed by atoms with E-state index in [2.05, 4.69) is 25.9 Å². The van der Waals surface area contributed by atoms with Crippen LogP contribution in [0.2, 0.25) is 0 Å². The molecule has 14 nitrogen and oxygen atoms in total. The maximum atomic E-state index is 14.0. The van der Waals surface area contributed by atoms with Crippen molar-refractivity contribution in [1.82, 2.24) is 40.2 Å². The smallest absolute Gasteiger partial charge is 0.254 e. The van der Waals surface area contributed by atoms with Gasteiger partial charge in [-0.2, -0.15) is 0 Å². The Labute approximate surface area is 262 Å². The van der Waals surface area contributed by atoms with Crippen LogP contribution in [-0.4, -0.2) is 127 Å². The number of halogens is 2. The van der Waals surface area contributed by atoms with Crippen molar-refractivity contribution in [3.8, 4) is 22.5 Å². The van der Waals surface area contributed by atoms with E-state index in [0.717, 1.165) is 0 Å². The number of aliphatic hydroxyl groups excluding tert-OH is 3. The van der Waals surface area contributed by atoms with Crippen molar-refractivity contribution >= 4 is 5.91 Å². The van der Waals surface area contributed by atoms with E-state index in [0.29, 0.717) is 29.1 Å². The zero-order chi connectivity index (χ0) is 32.5. The van der Waals surface area contributed by atoms with Crippen LogP contribution in [0.4, 0.5) is 8.78 Å². The molecule has 1 amide bonds. The number of likely N-dealkylation sites (N-methyl/N-ethyl adjacent to an activating group) is 1. The molecule has 2 aliphatic rings. The number of nitrogens with one attached hydrogen (secondary N) is 1. The van der Waals surface area contributed by atoms with Crippen LogP contribution in [-0.2, 0) is 14.3 Å². The summed E-state index contributed by atoms with van der Waals surface area (Å²) >= 11 is 0. The molecular weight excluding hydrogens is 606 g/mol. The number of rotatable bonds is 8. The lowest BCUT2D eigenvalue weighted by Crippen LogP contribution is -2.64. The quantitative estimate of drug-likeness (QED) is 0.207. The lowest BCUT2D eigenvalue weighted by Gasteiger charge is -2.46. The standard InChI is InChI=1S/C30H34F2N8O6/c1-38(22-11-33-12-23(26(22)42)39-13-20(34-36-39)16-5-3-7-18(31)9-16)30(44)29-28(45-2)25(27(43)24(15-41)46-29)40-14-21(35-37-40)17-6-4-8-19(32)10-17/h3-10,13-14,22-29,33,41-43H,11-12,15H2,1-2H3/t22-,23+,24-,25+,26+,27+,28-,29-/m1/s1. The van der Waals surface area contributed by atoms with Gasteiger partial charge in [0.05, 0.1) is 37.2 Å². The second-order valence-electron chi connectivity index (χ2n) is 11.4. The minimum absolute atomic E-state index is 0.241. The van der Waals surface area contributed by atoms with E-state index in [4.69, 9.17) is 9.47 Å². The molecule has 2 aromatic carbocycles. The number of amides is 1. The maximum absolute atomic E-state index is 14.0. The summed E-state index contributed by atoms with van der Waals surface area (Å²) < 4.78 is 42.0. The lowest BCUT2D eigenvalue weighted by molar-refractivity contribution is -0.218. The number of hydrogen-bond acceptors (Lipinski definition) is 11. The van der Waals surface area contributed by atoms with Crippen molar-refractivity contribution in [2.75, 3.05) is 33.9 Å². The molecule has 4 aromatic rings. The molecule has 6 rings (SSSR count). The van der Waals surface area contributed by atoms with Crippen molar-refractivity contribution in [2.45, 2.75) is 48.6 Å². The zero-order valence-corrected chi connectivity index (χ0v) is 25.0. The monoisotopic (exact) mass is 640 g/mol. The van der Waals surface area contributed by atoms with Gasteiger partial charge in [0.2, 0.25) is 0 Å². The molecule has 0 unspecified atom stereocenters. The molecule has 46 heavy (non-hydrogen) atoms. The van der Waals surface area contributed by atoms with Crippen molar-refractivity contribution in [2.24, 2.45) is 0 Å². The van der Waals surface area contributed by atoms with Crippen molar-refractivity contribution in [3.63, 3.8) is 0 Å². The van der Waals surface area contributed by atoms with Crippen LogP contribution in [0, 0.1) is 11.6 Å². The summed E-state index contributed by atoms with van der Waals surface area (Å²) in [5.41, 5.74) is 1.73. The second-order valence-corrected chi connectivity index (χ2v) is 11.4. The Balaban J connectivity index is 1.23. The third-order valence-corrected chi connectivity index (χ3v) is 8.63. The Morgan fingerprint density at radius 2 is 1.61 bits per heavy atom. The van der Waals surface area contributed by atoms with Gasteiger partial charge in [-0.05, 0) is 24.3 Å². The molecule has 0 spiro atoms. The van der Waals surface area contributed by atoms with E-state index in [1.54, 1.807) is 24.4 Å². The van der Waals surface area contributed by atoms with Gasteiger partial charge in [0.25, 0.3) is 5.91 Å². The molecule has 0 radical (unpaired) electrons. The lowest BCUT2D eigenvalue weighted by atomic mass is 9.90. The molecule has 4 N–H and O–H groups in total. The van der Waals surface area contributed by atoms with Gasteiger partial charge in [-0.1, -0.05) is 34.7 Å². The number of benzene rings is 2. The number of nitrogens with zero attached hydrogens (tertiary/aromatic N) is 7. The molecule has 4 heterocycles. The first-order valence-corrected chi connectivity index (χ1v) is 14.7. The highest BCUT2D eigenvalue weighted by Crippen LogP contribution is 2.34. The van der Waals surface area contributed by atoms with Crippen LogP contribution in [0.15, 0.2) is 60.9 Å². The van der Waals surface area contributed by atoms with Gasteiger partial charge in [-0.15, -0.1) is 10.2 Å². The number of carbonyl (C=O) groups is 1. The normalized spacial score (nSPS) is 28.2. The van der Waals surface area contributed by atoms with Gasteiger partial charge in [-0.25, -0.2) is 18.1 Å². The summed E-state index contributed by atoms with van der Waals surface area (Å²) in [6, 6.07) is 9.30. The topological polar surface area (TPSA) is 173 Å². The minimum Gasteiger partial charge on any atom is -0.394 e. The number of methoxy groups -OCH3 is 1. The summed E-state index contributed by atoms with van der Waals surface area (Å²) in [7, 11) is 2.87. The Morgan fingerprint density at radius 3 is 2.20 bits per heavy atom. The fourth-order valence-electron chi connectivity index (χ4n) is 6.14. The molecule has 0 bridgehead atoms. The largest absolute Gasteiger partial charge is 0.394 e. The number of ether oxygens (including phenoxy) is 2. The Kier molecular flexibility index (Phi) is 9.17. The molecule has 0 aliphatic carbocycles. The number of hydrogen-bond donors (Lipinski definition) is 4. The molecule has 2 aliphatic heterocycles. The van der Waals surface area contributed by atoms with Gasteiger partial charge in [-0.3, -0.25) is 4.79 Å². The fourth-order valence-corrected chi connectivity index (χ4v) is 6.14. The fraction of sp³-hybridized carbons (Fsp3) is 0.433. The Morgan fingerprint density at radius 1 is 1.00 bits per heavy atom. The number of carbonyl (C=O) groups excluding carboxylic acids is 1. The van der Waals surface area contributed by atoms with Gasteiger partial charge < -0.3 is 35.0 Å². The van der Waals surface area contributed by atoms with Gasteiger partial charge in [0, 0.05) is 38.4 Å². The first-order valence-electron chi connectivity index (χ1n) is 14.7. The molecule has 2 aromatic heterocycles. The summed E-state index contributed by atoms with van der Waals surface area (Å²) in [5, 5.41) is 52.5. The van der Waals surface area contributed by atoms with Crippen LogP contribution in [0.1, 0.15) is 12.1 Å². The first kappa shape index (κ1) is 31.8. The van der Waals surface area contributed by atoms with E-state index in [1.165, 1.54) is 64.9 Å². The highest BCUT2D eigenvalue weighted by molar-refractivity contribution is 5.82. The van der Waals surface area contributed by atoms with E-state index in [1.807, 2.05) is 0 Å². The minimum atomic E-state index is -1.35. The zero-order valence-electron chi connectivity index (χ0n) is 25.0. The van der Waals surface area contributed by atoms with Crippen LogP contribution in [0.3, 0.4) is 0 Å². The molecular formula is C30H34F2N8O6. The predicted molar refractivity (Wildman–Crippen MR) is 157 cm³/mol. The molecule has 2 fully saturated rings. The number of aromatic nitrogens is 6. The molecule has 0 saturated carbocycles. The highest BCUT2D eigenvalue weighted by atomic mass is 19.1. The van der Waals surface area contributed by atoms with E-state index >= 15 is 0 Å². The van der Waals surface area contributed by atoms with Gasteiger partial charge in [0.15, 0.2) is 6.10 Å². The predicted octanol–water partition coefficient (Wildman–Crippen LogP) is 0.191. The first-order chi connectivity index (χ1) is 22.2. The van der Waals surface area contributed by atoms with Crippen LogP contribution < -0.4 is 5.32 Å². The third kappa shape index (κ3) is 6.02. The van der Waals surface area contributed by atoms with Gasteiger partial charge in [0.1, 0.15) is 47.4 Å². The summed E-state index contributed by atoms with van der Waals surface area (Å²) in [6.07, 6.45) is -2.94.